The fourth-order valence-corrected chi connectivity index (χ4v) is 2.64. The Kier molecular flexibility index (Phi) is 5.02. The molecule has 0 saturated heterocycles. The molecule has 0 aromatic heterocycles. The summed E-state index contributed by atoms with van der Waals surface area (Å²) in [5.74, 6) is 0.417. The predicted molar refractivity (Wildman–Crippen MR) is 80.0 cm³/mol. The van der Waals surface area contributed by atoms with Crippen LogP contribution in [0.2, 0.25) is 0 Å². The van der Waals surface area contributed by atoms with Gasteiger partial charge in [0.15, 0.2) is 0 Å². The Morgan fingerprint density at radius 1 is 1.43 bits per heavy atom. The maximum Gasteiger partial charge on any atom is 0.315 e. The van der Waals surface area contributed by atoms with Crippen molar-refractivity contribution in [3.63, 3.8) is 0 Å². The molecule has 0 aliphatic heterocycles. The van der Waals surface area contributed by atoms with Gasteiger partial charge in [-0.2, -0.15) is 0 Å². The van der Waals surface area contributed by atoms with Gasteiger partial charge in [-0.25, -0.2) is 0 Å². The van der Waals surface area contributed by atoms with E-state index in [2.05, 4.69) is 6.58 Å². The van der Waals surface area contributed by atoms with E-state index in [1.165, 1.54) is 0 Å². The van der Waals surface area contributed by atoms with E-state index in [0.717, 1.165) is 6.42 Å². The Hall–Kier alpha value is -1.81. The molecular weight excluding hydrogens is 268 g/mol. The summed E-state index contributed by atoms with van der Waals surface area (Å²) in [5.41, 5.74) is -0.0619. The number of esters is 1. The Balaban J connectivity index is 2.12. The lowest BCUT2D eigenvalue weighted by molar-refractivity contribution is -0.172. The molecule has 1 N–H and O–H groups in total. The minimum atomic E-state index is -0.834. The van der Waals surface area contributed by atoms with Crippen LogP contribution in [0.4, 0.5) is 0 Å². The van der Waals surface area contributed by atoms with Crippen LogP contribution in [-0.4, -0.2) is 24.3 Å². The van der Waals surface area contributed by atoms with E-state index in [9.17, 15) is 9.90 Å². The molecule has 1 fully saturated rings. The topological polar surface area (TPSA) is 55.8 Å². The van der Waals surface area contributed by atoms with Crippen molar-refractivity contribution in [3.8, 4) is 5.75 Å². The van der Waals surface area contributed by atoms with E-state index in [1.807, 2.05) is 0 Å². The summed E-state index contributed by atoms with van der Waals surface area (Å²) in [6.45, 7) is 6.15. The van der Waals surface area contributed by atoms with E-state index in [-0.39, 0.29) is 5.97 Å². The van der Waals surface area contributed by atoms with Crippen LogP contribution in [0, 0.1) is 5.41 Å². The summed E-state index contributed by atoms with van der Waals surface area (Å²) < 4.78 is 10.5. The molecule has 1 aliphatic carbocycles. The zero-order valence-corrected chi connectivity index (χ0v) is 12.4. The fourth-order valence-electron chi connectivity index (χ4n) is 2.64. The molecule has 114 valence electrons. The van der Waals surface area contributed by atoms with Gasteiger partial charge in [0.05, 0.1) is 18.1 Å². The molecule has 21 heavy (non-hydrogen) atoms. The molecule has 1 unspecified atom stereocenters. The summed E-state index contributed by atoms with van der Waals surface area (Å²) in [4.78, 5) is 12.2. The Bertz CT molecular complexity index is 488. The molecule has 0 heterocycles. The van der Waals surface area contributed by atoms with Crippen LogP contribution in [-0.2, 0) is 9.53 Å². The molecule has 4 nitrogen and oxygen atoms in total. The fraction of sp³-hybridized carbons (Fsp3) is 0.471. The first-order chi connectivity index (χ1) is 10.1. The van der Waals surface area contributed by atoms with Crippen LogP contribution in [0.1, 0.15) is 37.9 Å². The molecule has 1 aromatic carbocycles. The van der Waals surface area contributed by atoms with Crippen molar-refractivity contribution >= 4 is 5.97 Å². The monoisotopic (exact) mass is 290 g/mol. The van der Waals surface area contributed by atoms with Gasteiger partial charge in [0.25, 0.3) is 0 Å². The van der Waals surface area contributed by atoms with Crippen LogP contribution in [0.5, 0.6) is 5.75 Å². The van der Waals surface area contributed by atoms with Gasteiger partial charge < -0.3 is 14.6 Å². The minimum Gasteiger partial charge on any atom is -0.490 e. The molecule has 1 aliphatic rings. The molecule has 1 atom stereocenters. The summed E-state index contributed by atoms with van der Waals surface area (Å²) in [7, 11) is 0. The van der Waals surface area contributed by atoms with Gasteiger partial charge in [-0.15, -0.1) is 0 Å². The maximum absolute atomic E-state index is 12.2. The number of carbonyl (C=O) groups excluding carboxylic acids is 1. The lowest BCUT2D eigenvalue weighted by atomic mass is 9.63. The number of hydrogen-bond donors (Lipinski definition) is 1. The first kappa shape index (κ1) is 15.6. The Morgan fingerprint density at radius 3 is 2.57 bits per heavy atom. The van der Waals surface area contributed by atoms with Gasteiger partial charge in [-0.05, 0) is 37.5 Å². The lowest BCUT2D eigenvalue weighted by Gasteiger charge is -2.42. The Labute approximate surface area is 125 Å². The molecule has 0 amide bonds. The van der Waals surface area contributed by atoms with E-state index in [1.54, 1.807) is 37.3 Å². The summed E-state index contributed by atoms with van der Waals surface area (Å²) in [6, 6.07) is 7.17. The van der Waals surface area contributed by atoms with Crippen LogP contribution in [0.25, 0.3) is 0 Å². The number of carbonyl (C=O) groups is 1. The van der Waals surface area contributed by atoms with Crippen molar-refractivity contribution in [1.29, 1.82) is 0 Å². The quantitative estimate of drug-likeness (QED) is 0.619. The molecule has 4 heteroatoms. The van der Waals surface area contributed by atoms with Crippen LogP contribution >= 0.6 is 0 Å². The normalized spacial score (nSPS) is 17.4. The SMILES string of the molecule is C=CCOc1ccc(C(O)C2(C(=O)OCC)CCC2)cc1. The van der Waals surface area contributed by atoms with Crippen LogP contribution in [0.15, 0.2) is 36.9 Å². The zero-order chi connectivity index (χ0) is 15.3. The second kappa shape index (κ2) is 6.76. The van der Waals surface area contributed by atoms with E-state index in [4.69, 9.17) is 9.47 Å². The Morgan fingerprint density at radius 2 is 2.10 bits per heavy atom. The average Bonchev–Trinajstić information content (AvgIpc) is 2.44. The number of rotatable bonds is 7. The number of benzene rings is 1. The largest absolute Gasteiger partial charge is 0.490 e. The van der Waals surface area contributed by atoms with Crippen LogP contribution in [0.3, 0.4) is 0 Å². The van der Waals surface area contributed by atoms with Gasteiger partial charge in [0, 0.05) is 0 Å². The summed E-state index contributed by atoms with van der Waals surface area (Å²) in [6.07, 6.45) is 3.12. The van der Waals surface area contributed by atoms with E-state index in [0.29, 0.717) is 37.4 Å². The molecule has 1 aromatic rings. The molecule has 1 saturated carbocycles. The number of hydrogen-bond acceptors (Lipinski definition) is 4. The first-order valence-electron chi connectivity index (χ1n) is 7.33. The first-order valence-corrected chi connectivity index (χ1v) is 7.33. The third-order valence-corrected chi connectivity index (χ3v) is 4.01. The van der Waals surface area contributed by atoms with Gasteiger partial charge in [-0.1, -0.05) is 31.2 Å². The summed E-state index contributed by atoms with van der Waals surface area (Å²) in [5, 5.41) is 10.6. The molecule has 0 spiro atoms. The highest BCUT2D eigenvalue weighted by atomic mass is 16.5. The minimum absolute atomic E-state index is 0.296. The number of aliphatic hydroxyl groups is 1. The van der Waals surface area contributed by atoms with Crippen molar-refractivity contribution in [2.75, 3.05) is 13.2 Å². The van der Waals surface area contributed by atoms with Crippen molar-refractivity contribution in [2.24, 2.45) is 5.41 Å². The van der Waals surface area contributed by atoms with Crippen LogP contribution < -0.4 is 4.74 Å². The third kappa shape index (κ3) is 3.10. The van der Waals surface area contributed by atoms with Crippen molar-refractivity contribution in [2.45, 2.75) is 32.3 Å². The highest BCUT2D eigenvalue weighted by Crippen LogP contribution is 2.51. The average molecular weight is 290 g/mol. The maximum atomic E-state index is 12.2. The van der Waals surface area contributed by atoms with Gasteiger partial charge in [0.2, 0.25) is 0 Å². The highest BCUT2D eigenvalue weighted by molar-refractivity contribution is 5.79. The smallest absolute Gasteiger partial charge is 0.315 e. The molecule has 2 rings (SSSR count). The van der Waals surface area contributed by atoms with Gasteiger partial charge >= 0.3 is 5.97 Å². The molecular formula is C17H22O4. The lowest BCUT2D eigenvalue weighted by Crippen LogP contribution is -2.44. The zero-order valence-electron chi connectivity index (χ0n) is 12.4. The number of aliphatic hydroxyl groups excluding tert-OH is 1. The van der Waals surface area contributed by atoms with E-state index >= 15 is 0 Å². The van der Waals surface area contributed by atoms with Crippen molar-refractivity contribution in [1.82, 2.24) is 0 Å². The van der Waals surface area contributed by atoms with E-state index < -0.39 is 11.5 Å². The molecule has 0 bridgehead atoms. The van der Waals surface area contributed by atoms with Crippen molar-refractivity contribution in [3.05, 3.63) is 42.5 Å². The van der Waals surface area contributed by atoms with Crippen molar-refractivity contribution < 1.29 is 19.4 Å². The summed E-state index contributed by atoms with van der Waals surface area (Å²) >= 11 is 0. The second-order valence-electron chi connectivity index (χ2n) is 5.30. The predicted octanol–water partition coefficient (Wildman–Crippen LogP) is 3.02. The standard InChI is InChI=1S/C17H22O4/c1-3-12-21-14-8-6-13(7-9-14)15(18)17(10-5-11-17)16(19)20-4-2/h3,6-9,15,18H,1,4-5,10-12H2,2H3. The highest BCUT2D eigenvalue weighted by Gasteiger charge is 2.51. The van der Waals surface area contributed by atoms with Gasteiger partial charge in [-0.3, -0.25) is 4.79 Å². The molecule has 0 radical (unpaired) electrons. The second-order valence-corrected chi connectivity index (χ2v) is 5.30. The third-order valence-electron chi connectivity index (χ3n) is 4.01. The van der Waals surface area contributed by atoms with Gasteiger partial charge in [0.1, 0.15) is 12.4 Å². The number of ether oxygens (including phenoxy) is 2.